The molecular weight excluding hydrogens is 408 g/mol. The summed E-state index contributed by atoms with van der Waals surface area (Å²) in [6.45, 7) is 0.136. The minimum Gasteiger partial charge on any atom is -0.351 e. The van der Waals surface area contributed by atoms with Crippen LogP contribution in [0.1, 0.15) is 11.1 Å². The van der Waals surface area contributed by atoms with E-state index in [0.717, 1.165) is 11.1 Å². The van der Waals surface area contributed by atoms with Gasteiger partial charge in [0, 0.05) is 18.1 Å². The maximum Gasteiger partial charge on any atom is 0.243 e. The highest BCUT2D eigenvalue weighted by atomic mass is 35.5. The molecule has 3 aromatic carbocycles. The van der Waals surface area contributed by atoms with Crippen molar-refractivity contribution in [3.05, 3.63) is 101 Å². The Labute approximate surface area is 176 Å². The smallest absolute Gasteiger partial charge is 0.243 e. The summed E-state index contributed by atoms with van der Waals surface area (Å²) in [5.74, 6) is -0.373. The molecule has 3 aromatic rings. The number of nitrogens with zero attached hydrogens (tertiary/aromatic N) is 1. The first-order valence-electron chi connectivity index (χ1n) is 9.05. The third kappa shape index (κ3) is 5.90. The van der Waals surface area contributed by atoms with Crippen LogP contribution in [-0.4, -0.2) is 25.2 Å². The standard InChI is InChI=1S/C22H21ClN2O3S/c23-20-11-13-21(14-12-20)29(27,28)25(16-19-9-5-2-6-10-19)17-22(26)24-15-18-7-3-1-4-8-18/h1-14H,15-17H2,(H,24,26). The largest absolute Gasteiger partial charge is 0.351 e. The van der Waals surface area contributed by atoms with Gasteiger partial charge >= 0.3 is 0 Å². The summed E-state index contributed by atoms with van der Waals surface area (Å²) in [5.41, 5.74) is 1.73. The van der Waals surface area contributed by atoms with Gasteiger partial charge in [0.1, 0.15) is 0 Å². The monoisotopic (exact) mass is 428 g/mol. The first-order chi connectivity index (χ1) is 13.9. The molecule has 3 rings (SSSR count). The number of benzene rings is 3. The molecule has 0 spiro atoms. The van der Waals surface area contributed by atoms with E-state index in [0.29, 0.717) is 11.6 Å². The van der Waals surface area contributed by atoms with Gasteiger partial charge in [0.2, 0.25) is 15.9 Å². The lowest BCUT2D eigenvalue weighted by molar-refractivity contribution is -0.121. The van der Waals surface area contributed by atoms with E-state index < -0.39 is 10.0 Å². The molecule has 0 fully saturated rings. The summed E-state index contributed by atoms with van der Waals surface area (Å²) >= 11 is 5.88. The highest BCUT2D eigenvalue weighted by Crippen LogP contribution is 2.20. The van der Waals surface area contributed by atoms with Gasteiger partial charge in [-0.1, -0.05) is 72.3 Å². The van der Waals surface area contributed by atoms with Crippen LogP contribution in [0.5, 0.6) is 0 Å². The maximum absolute atomic E-state index is 13.2. The average molecular weight is 429 g/mol. The molecule has 0 bridgehead atoms. The second-order valence-corrected chi connectivity index (χ2v) is 8.85. The number of amides is 1. The van der Waals surface area contributed by atoms with Crippen molar-refractivity contribution < 1.29 is 13.2 Å². The lowest BCUT2D eigenvalue weighted by Gasteiger charge is -2.22. The molecule has 1 N–H and O–H groups in total. The van der Waals surface area contributed by atoms with Crippen LogP contribution in [0.25, 0.3) is 0 Å². The molecule has 29 heavy (non-hydrogen) atoms. The van der Waals surface area contributed by atoms with E-state index in [-0.39, 0.29) is 23.9 Å². The van der Waals surface area contributed by atoms with Crippen molar-refractivity contribution in [1.29, 1.82) is 0 Å². The Kier molecular flexibility index (Phi) is 7.04. The van der Waals surface area contributed by atoms with Gasteiger partial charge in [-0.25, -0.2) is 8.42 Å². The van der Waals surface area contributed by atoms with Crippen molar-refractivity contribution >= 4 is 27.5 Å². The summed E-state index contributed by atoms with van der Waals surface area (Å²) in [5, 5.41) is 3.23. The lowest BCUT2D eigenvalue weighted by atomic mass is 10.2. The lowest BCUT2D eigenvalue weighted by Crippen LogP contribution is -2.40. The van der Waals surface area contributed by atoms with Crippen LogP contribution in [0.3, 0.4) is 0 Å². The van der Waals surface area contributed by atoms with Crippen LogP contribution in [-0.2, 0) is 27.9 Å². The number of carbonyl (C=O) groups excluding carboxylic acids is 1. The number of hydrogen-bond acceptors (Lipinski definition) is 3. The van der Waals surface area contributed by atoms with Crippen molar-refractivity contribution in [2.24, 2.45) is 0 Å². The predicted molar refractivity (Wildman–Crippen MR) is 114 cm³/mol. The van der Waals surface area contributed by atoms with Gasteiger partial charge in [-0.05, 0) is 35.4 Å². The second-order valence-electron chi connectivity index (χ2n) is 6.47. The summed E-state index contributed by atoms with van der Waals surface area (Å²) in [7, 11) is -3.88. The summed E-state index contributed by atoms with van der Waals surface area (Å²) < 4.78 is 27.5. The number of carbonyl (C=O) groups is 1. The Hall–Kier alpha value is -2.67. The van der Waals surface area contributed by atoms with Gasteiger partial charge in [-0.15, -0.1) is 0 Å². The Morgan fingerprint density at radius 1 is 0.828 bits per heavy atom. The van der Waals surface area contributed by atoms with Crippen molar-refractivity contribution in [3.8, 4) is 0 Å². The van der Waals surface area contributed by atoms with Crippen molar-refractivity contribution in [2.45, 2.75) is 18.0 Å². The molecular formula is C22H21ClN2O3S. The van der Waals surface area contributed by atoms with E-state index in [1.165, 1.54) is 28.6 Å². The van der Waals surface area contributed by atoms with Crippen molar-refractivity contribution in [3.63, 3.8) is 0 Å². The maximum atomic E-state index is 13.2. The summed E-state index contributed by atoms with van der Waals surface area (Å²) in [4.78, 5) is 12.6. The summed E-state index contributed by atoms with van der Waals surface area (Å²) in [6.07, 6.45) is 0. The molecule has 0 saturated carbocycles. The molecule has 0 heterocycles. The van der Waals surface area contributed by atoms with Crippen LogP contribution in [0, 0.1) is 0 Å². The number of rotatable bonds is 8. The fraction of sp³-hybridized carbons (Fsp3) is 0.136. The molecule has 0 radical (unpaired) electrons. The molecule has 0 aliphatic carbocycles. The number of nitrogens with one attached hydrogen (secondary N) is 1. The minimum absolute atomic E-state index is 0.0879. The second kappa shape index (κ2) is 9.69. The van der Waals surface area contributed by atoms with Crippen molar-refractivity contribution in [2.75, 3.05) is 6.54 Å². The minimum atomic E-state index is -3.88. The Morgan fingerprint density at radius 3 is 1.97 bits per heavy atom. The van der Waals surface area contributed by atoms with Gasteiger partial charge in [0.25, 0.3) is 0 Å². The van der Waals surface area contributed by atoms with Gasteiger partial charge in [-0.3, -0.25) is 4.79 Å². The third-order valence-electron chi connectivity index (χ3n) is 4.31. The Bertz CT molecular complexity index is 1040. The van der Waals surface area contributed by atoms with Crippen LogP contribution in [0.2, 0.25) is 5.02 Å². The van der Waals surface area contributed by atoms with E-state index in [4.69, 9.17) is 11.6 Å². The molecule has 7 heteroatoms. The van der Waals surface area contributed by atoms with Gasteiger partial charge < -0.3 is 5.32 Å². The number of sulfonamides is 1. The van der Waals surface area contributed by atoms with Crippen LogP contribution in [0.15, 0.2) is 89.8 Å². The number of halogens is 1. The highest BCUT2D eigenvalue weighted by molar-refractivity contribution is 7.89. The van der Waals surface area contributed by atoms with Crippen LogP contribution >= 0.6 is 11.6 Å². The molecule has 0 atom stereocenters. The molecule has 1 amide bonds. The van der Waals surface area contributed by atoms with Gasteiger partial charge in [-0.2, -0.15) is 4.31 Å². The summed E-state index contributed by atoms with van der Waals surface area (Å²) in [6, 6.07) is 24.5. The average Bonchev–Trinajstić information content (AvgIpc) is 2.73. The highest BCUT2D eigenvalue weighted by Gasteiger charge is 2.26. The molecule has 0 aromatic heterocycles. The zero-order chi connectivity index (χ0) is 20.7. The zero-order valence-electron chi connectivity index (χ0n) is 15.7. The topological polar surface area (TPSA) is 66.5 Å². The normalized spacial score (nSPS) is 11.4. The molecule has 0 unspecified atom stereocenters. The predicted octanol–water partition coefficient (Wildman–Crippen LogP) is 3.85. The fourth-order valence-corrected chi connectivity index (χ4v) is 4.29. The van der Waals surface area contributed by atoms with Crippen LogP contribution in [0.4, 0.5) is 0 Å². The van der Waals surface area contributed by atoms with Crippen LogP contribution < -0.4 is 5.32 Å². The Balaban J connectivity index is 1.78. The van der Waals surface area contributed by atoms with Crippen molar-refractivity contribution in [1.82, 2.24) is 9.62 Å². The molecule has 0 saturated heterocycles. The van der Waals surface area contributed by atoms with Gasteiger partial charge in [0.05, 0.1) is 11.4 Å². The van der Waals surface area contributed by atoms with E-state index >= 15 is 0 Å². The first kappa shape index (κ1) is 21.0. The third-order valence-corrected chi connectivity index (χ3v) is 6.36. The molecule has 150 valence electrons. The fourth-order valence-electron chi connectivity index (χ4n) is 2.78. The van der Waals surface area contributed by atoms with E-state index in [2.05, 4.69) is 5.32 Å². The van der Waals surface area contributed by atoms with E-state index in [1.54, 1.807) is 0 Å². The number of hydrogen-bond donors (Lipinski definition) is 1. The SMILES string of the molecule is O=C(CN(Cc1ccccc1)S(=O)(=O)c1ccc(Cl)cc1)NCc1ccccc1. The van der Waals surface area contributed by atoms with E-state index in [9.17, 15) is 13.2 Å². The zero-order valence-corrected chi connectivity index (χ0v) is 17.2. The first-order valence-corrected chi connectivity index (χ1v) is 10.9. The molecule has 0 aliphatic heterocycles. The molecule has 0 aliphatic rings. The van der Waals surface area contributed by atoms with Gasteiger partial charge in [0.15, 0.2) is 0 Å². The quantitative estimate of drug-likeness (QED) is 0.592. The Morgan fingerprint density at radius 2 is 1.38 bits per heavy atom. The molecule has 5 nitrogen and oxygen atoms in total. The van der Waals surface area contributed by atoms with E-state index in [1.807, 2.05) is 60.7 Å².